The molecule has 0 aliphatic carbocycles. The number of carbonyl (C=O) groups excluding carboxylic acids is 2. The minimum absolute atomic E-state index is 0.274. The number of carbonyl (C=O) groups is 2. The van der Waals surface area contributed by atoms with E-state index in [1.165, 1.54) is 6.08 Å². The summed E-state index contributed by atoms with van der Waals surface area (Å²) in [4.78, 5) is 27.3. The Kier molecular flexibility index (Phi) is 7.35. The van der Waals surface area contributed by atoms with Crippen LogP contribution in [0.4, 0.5) is 4.79 Å². The first-order chi connectivity index (χ1) is 12.6. The highest BCUT2D eigenvalue weighted by molar-refractivity contribution is 5.95. The summed E-state index contributed by atoms with van der Waals surface area (Å²) in [5.74, 6) is 1.08. The monoisotopic (exact) mass is 358 g/mol. The van der Waals surface area contributed by atoms with Crippen LogP contribution >= 0.6 is 0 Å². The van der Waals surface area contributed by atoms with Crippen LogP contribution < -0.4 is 15.4 Å². The molecule has 0 aliphatic heterocycles. The van der Waals surface area contributed by atoms with Gasteiger partial charge in [0.25, 0.3) is 5.91 Å². The maximum absolute atomic E-state index is 11.6. The first kappa shape index (κ1) is 19.2. The average Bonchev–Trinajstić information content (AvgIpc) is 3.12. The van der Waals surface area contributed by atoms with E-state index in [4.69, 9.17) is 9.26 Å². The quantitative estimate of drug-likeness (QED) is 0.667. The summed E-state index contributed by atoms with van der Waals surface area (Å²) in [5, 5.41) is 8.54. The fourth-order valence-corrected chi connectivity index (χ4v) is 2.02. The first-order valence-electron chi connectivity index (χ1n) is 8.36. The largest absolute Gasteiger partial charge is 0.484 e. The number of urea groups is 1. The predicted molar refractivity (Wildman–Crippen MR) is 95.6 cm³/mol. The molecule has 1 aromatic carbocycles. The Morgan fingerprint density at radius 3 is 2.77 bits per heavy atom. The summed E-state index contributed by atoms with van der Waals surface area (Å²) < 4.78 is 10.6. The molecule has 0 fully saturated rings. The Morgan fingerprint density at radius 1 is 1.31 bits per heavy atom. The number of imide groups is 1. The van der Waals surface area contributed by atoms with E-state index in [1.807, 2.05) is 0 Å². The SMILES string of the molecule is C=CCNC(=O)NC(=O)COc1ccc(-c2noc(CCCC)n2)cc1. The Morgan fingerprint density at radius 2 is 2.08 bits per heavy atom. The minimum atomic E-state index is -0.593. The van der Waals surface area contributed by atoms with Crippen LogP contribution in [0.25, 0.3) is 11.4 Å². The molecule has 2 aromatic rings. The van der Waals surface area contributed by atoms with Crippen LogP contribution in [0.5, 0.6) is 5.75 Å². The maximum atomic E-state index is 11.6. The Hall–Kier alpha value is -3.16. The van der Waals surface area contributed by atoms with Crippen molar-refractivity contribution in [2.45, 2.75) is 26.2 Å². The highest BCUT2D eigenvalue weighted by Crippen LogP contribution is 2.20. The van der Waals surface area contributed by atoms with Crippen LogP contribution in [-0.4, -0.2) is 35.2 Å². The Bertz CT molecular complexity index is 740. The van der Waals surface area contributed by atoms with Crippen LogP contribution in [0, 0.1) is 0 Å². The number of nitrogens with zero attached hydrogens (tertiary/aromatic N) is 2. The number of rotatable bonds is 9. The molecular formula is C18H22N4O4. The van der Waals surface area contributed by atoms with Gasteiger partial charge in [-0.25, -0.2) is 4.79 Å². The van der Waals surface area contributed by atoms with E-state index in [0.717, 1.165) is 24.8 Å². The smallest absolute Gasteiger partial charge is 0.321 e. The van der Waals surface area contributed by atoms with Gasteiger partial charge in [0.15, 0.2) is 6.61 Å². The van der Waals surface area contributed by atoms with E-state index in [1.54, 1.807) is 24.3 Å². The standard InChI is InChI=1S/C18H22N4O4/c1-3-5-6-16-21-17(22-26-16)13-7-9-14(10-8-13)25-12-15(23)20-18(24)19-11-4-2/h4,7-10H,2-3,5-6,11-12H2,1H3,(H2,19,20,23,24). The van der Waals surface area contributed by atoms with E-state index < -0.39 is 11.9 Å². The molecule has 1 aromatic heterocycles. The number of ether oxygens (including phenoxy) is 1. The van der Waals surface area contributed by atoms with Gasteiger partial charge in [0, 0.05) is 18.5 Å². The molecule has 0 unspecified atom stereocenters. The Labute approximate surface area is 151 Å². The molecule has 0 bridgehead atoms. The number of aromatic nitrogens is 2. The van der Waals surface area contributed by atoms with Gasteiger partial charge in [-0.1, -0.05) is 24.6 Å². The summed E-state index contributed by atoms with van der Waals surface area (Å²) in [6.07, 6.45) is 4.34. The number of nitrogens with one attached hydrogen (secondary N) is 2. The molecule has 0 spiro atoms. The molecule has 8 heteroatoms. The lowest BCUT2D eigenvalue weighted by atomic mass is 10.2. The minimum Gasteiger partial charge on any atom is -0.484 e. The average molecular weight is 358 g/mol. The van der Waals surface area contributed by atoms with Crippen molar-refractivity contribution in [2.24, 2.45) is 0 Å². The number of benzene rings is 1. The maximum Gasteiger partial charge on any atom is 0.321 e. The highest BCUT2D eigenvalue weighted by atomic mass is 16.5. The zero-order chi connectivity index (χ0) is 18.8. The summed E-state index contributed by atoms with van der Waals surface area (Å²) in [5.41, 5.74) is 0.789. The van der Waals surface area contributed by atoms with E-state index in [0.29, 0.717) is 17.5 Å². The third kappa shape index (κ3) is 6.04. The van der Waals surface area contributed by atoms with Gasteiger partial charge in [-0.2, -0.15) is 4.98 Å². The van der Waals surface area contributed by atoms with Crippen LogP contribution in [0.2, 0.25) is 0 Å². The number of amides is 3. The first-order valence-corrected chi connectivity index (χ1v) is 8.36. The van der Waals surface area contributed by atoms with Crippen LogP contribution in [0.3, 0.4) is 0 Å². The van der Waals surface area contributed by atoms with Gasteiger partial charge >= 0.3 is 6.03 Å². The molecule has 0 saturated heterocycles. The molecule has 0 atom stereocenters. The van der Waals surface area contributed by atoms with E-state index >= 15 is 0 Å². The van der Waals surface area contributed by atoms with Crippen molar-refractivity contribution in [3.63, 3.8) is 0 Å². The van der Waals surface area contributed by atoms with Gasteiger partial charge < -0.3 is 14.6 Å². The fourth-order valence-electron chi connectivity index (χ4n) is 2.02. The van der Waals surface area contributed by atoms with Crippen LogP contribution in [0.15, 0.2) is 41.4 Å². The third-order valence-corrected chi connectivity index (χ3v) is 3.35. The number of hydrogen-bond donors (Lipinski definition) is 2. The van der Waals surface area contributed by atoms with Crippen molar-refractivity contribution < 1.29 is 18.8 Å². The normalized spacial score (nSPS) is 10.2. The zero-order valence-corrected chi connectivity index (χ0v) is 14.7. The highest BCUT2D eigenvalue weighted by Gasteiger charge is 2.10. The molecule has 0 aliphatic rings. The van der Waals surface area contributed by atoms with Gasteiger partial charge in [0.2, 0.25) is 11.7 Å². The second-order valence-electron chi connectivity index (χ2n) is 5.48. The fraction of sp³-hybridized carbons (Fsp3) is 0.333. The lowest BCUT2D eigenvalue weighted by Crippen LogP contribution is -2.41. The summed E-state index contributed by atoms with van der Waals surface area (Å²) in [6, 6.07) is 6.35. The summed E-state index contributed by atoms with van der Waals surface area (Å²) >= 11 is 0. The van der Waals surface area contributed by atoms with Gasteiger partial charge in [0.1, 0.15) is 5.75 Å². The number of hydrogen-bond acceptors (Lipinski definition) is 6. The molecule has 0 radical (unpaired) electrons. The van der Waals surface area contributed by atoms with E-state index in [-0.39, 0.29) is 13.2 Å². The third-order valence-electron chi connectivity index (χ3n) is 3.35. The number of unbranched alkanes of at least 4 members (excludes halogenated alkanes) is 1. The van der Waals surface area contributed by atoms with Gasteiger partial charge in [0.05, 0.1) is 0 Å². The van der Waals surface area contributed by atoms with Crippen molar-refractivity contribution in [3.8, 4) is 17.1 Å². The van der Waals surface area contributed by atoms with Crippen LogP contribution in [0.1, 0.15) is 25.7 Å². The molecule has 2 rings (SSSR count). The van der Waals surface area contributed by atoms with Crippen molar-refractivity contribution in [1.82, 2.24) is 20.8 Å². The topological polar surface area (TPSA) is 106 Å². The second kappa shape index (κ2) is 9.97. The second-order valence-corrected chi connectivity index (χ2v) is 5.48. The van der Waals surface area contributed by atoms with Gasteiger partial charge in [-0.05, 0) is 30.7 Å². The molecule has 8 nitrogen and oxygen atoms in total. The van der Waals surface area contributed by atoms with Crippen molar-refractivity contribution in [1.29, 1.82) is 0 Å². The number of aryl methyl sites for hydroxylation is 1. The summed E-state index contributed by atoms with van der Waals surface area (Å²) in [6.45, 7) is 5.57. The molecule has 1 heterocycles. The molecule has 2 N–H and O–H groups in total. The lowest BCUT2D eigenvalue weighted by Gasteiger charge is -2.07. The molecule has 26 heavy (non-hydrogen) atoms. The lowest BCUT2D eigenvalue weighted by molar-refractivity contribution is -0.122. The molecular weight excluding hydrogens is 336 g/mol. The van der Waals surface area contributed by atoms with Crippen molar-refractivity contribution in [3.05, 3.63) is 42.8 Å². The van der Waals surface area contributed by atoms with Crippen LogP contribution in [-0.2, 0) is 11.2 Å². The van der Waals surface area contributed by atoms with E-state index in [9.17, 15) is 9.59 Å². The van der Waals surface area contributed by atoms with Gasteiger partial charge in [-0.3, -0.25) is 10.1 Å². The van der Waals surface area contributed by atoms with Crippen molar-refractivity contribution in [2.75, 3.05) is 13.2 Å². The van der Waals surface area contributed by atoms with Gasteiger partial charge in [-0.15, -0.1) is 6.58 Å². The zero-order valence-electron chi connectivity index (χ0n) is 14.7. The predicted octanol–water partition coefficient (Wildman–Crippen LogP) is 2.47. The van der Waals surface area contributed by atoms with E-state index in [2.05, 4.69) is 34.3 Å². The van der Waals surface area contributed by atoms with Crippen molar-refractivity contribution >= 4 is 11.9 Å². The molecule has 0 saturated carbocycles. The molecule has 138 valence electrons. The summed E-state index contributed by atoms with van der Waals surface area (Å²) in [7, 11) is 0. The molecule has 3 amide bonds. The Balaban J connectivity index is 1.83.